The predicted molar refractivity (Wildman–Crippen MR) is 81.1 cm³/mol. The van der Waals surface area contributed by atoms with Crippen molar-refractivity contribution in [3.63, 3.8) is 0 Å². The number of carbonyl (C=O) groups is 1. The zero-order valence-corrected chi connectivity index (χ0v) is 11.5. The molecule has 0 spiro atoms. The second-order valence-electron chi connectivity index (χ2n) is 5.14. The first-order valence-corrected chi connectivity index (χ1v) is 6.92. The summed E-state index contributed by atoms with van der Waals surface area (Å²) in [5.74, 6) is -0.00671. The molecule has 1 aliphatic carbocycles. The van der Waals surface area contributed by atoms with Crippen LogP contribution in [0.1, 0.15) is 21.5 Å². The van der Waals surface area contributed by atoms with Crippen LogP contribution in [-0.2, 0) is 12.8 Å². The third-order valence-corrected chi connectivity index (χ3v) is 3.83. The molecular formula is C17H18N2O. The van der Waals surface area contributed by atoms with Crippen molar-refractivity contribution in [1.82, 2.24) is 5.32 Å². The highest BCUT2D eigenvalue weighted by atomic mass is 16.1. The van der Waals surface area contributed by atoms with Gasteiger partial charge in [-0.15, -0.1) is 0 Å². The summed E-state index contributed by atoms with van der Waals surface area (Å²) in [7, 11) is 1.83. The molecule has 2 aromatic rings. The number of anilines is 1. The van der Waals surface area contributed by atoms with Gasteiger partial charge < -0.3 is 10.6 Å². The molecule has 0 aromatic heterocycles. The summed E-state index contributed by atoms with van der Waals surface area (Å²) < 4.78 is 0. The number of fused-ring (bicyclic) bond motifs is 1. The molecule has 3 nitrogen and oxygen atoms in total. The fourth-order valence-corrected chi connectivity index (χ4v) is 2.82. The average Bonchev–Trinajstić information content (AvgIpc) is 2.89. The normalized spacial score (nSPS) is 13.8. The lowest BCUT2D eigenvalue weighted by atomic mass is 10.1. The molecule has 0 saturated heterocycles. The molecule has 3 heteroatoms. The van der Waals surface area contributed by atoms with Crippen LogP contribution in [0.2, 0.25) is 0 Å². The standard InChI is InChI=1S/C17H18N2O/c1-18-16-9-5-4-8-15(16)17(20)19-14-10-12-6-2-3-7-13(12)11-14/h2-9,14,18H,10-11H2,1H3,(H,19,20). The number of rotatable bonds is 3. The van der Waals surface area contributed by atoms with Crippen molar-refractivity contribution in [2.24, 2.45) is 0 Å². The Balaban J connectivity index is 1.72. The molecule has 102 valence electrons. The lowest BCUT2D eigenvalue weighted by Gasteiger charge is -2.14. The van der Waals surface area contributed by atoms with E-state index >= 15 is 0 Å². The Morgan fingerprint density at radius 1 is 1.00 bits per heavy atom. The second kappa shape index (κ2) is 5.37. The number of para-hydroxylation sites is 1. The number of benzene rings is 2. The van der Waals surface area contributed by atoms with Crippen molar-refractivity contribution in [2.45, 2.75) is 18.9 Å². The van der Waals surface area contributed by atoms with E-state index in [1.807, 2.05) is 31.3 Å². The van der Waals surface area contributed by atoms with Crippen LogP contribution in [0.3, 0.4) is 0 Å². The van der Waals surface area contributed by atoms with Crippen molar-refractivity contribution in [3.8, 4) is 0 Å². The fourth-order valence-electron chi connectivity index (χ4n) is 2.82. The van der Waals surface area contributed by atoms with E-state index in [1.165, 1.54) is 11.1 Å². The van der Waals surface area contributed by atoms with E-state index in [4.69, 9.17) is 0 Å². The van der Waals surface area contributed by atoms with E-state index in [-0.39, 0.29) is 11.9 Å². The largest absolute Gasteiger partial charge is 0.387 e. The molecule has 2 aromatic carbocycles. The lowest BCUT2D eigenvalue weighted by Crippen LogP contribution is -2.35. The molecule has 0 bridgehead atoms. The van der Waals surface area contributed by atoms with Gasteiger partial charge in [-0.3, -0.25) is 4.79 Å². The summed E-state index contributed by atoms with van der Waals surface area (Å²) in [5, 5.41) is 6.20. The van der Waals surface area contributed by atoms with E-state index in [0.717, 1.165) is 18.5 Å². The third kappa shape index (κ3) is 2.39. The SMILES string of the molecule is CNc1ccccc1C(=O)NC1Cc2ccccc2C1. The number of carbonyl (C=O) groups excluding carboxylic acids is 1. The number of nitrogens with one attached hydrogen (secondary N) is 2. The van der Waals surface area contributed by atoms with E-state index in [2.05, 4.69) is 34.9 Å². The fraction of sp³-hybridized carbons (Fsp3) is 0.235. The minimum absolute atomic E-state index is 0.00671. The van der Waals surface area contributed by atoms with Crippen LogP contribution < -0.4 is 10.6 Å². The van der Waals surface area contributed by atoms with E-state index in [0.29, 0.717) is 5.56 Å². The summed E-state index contributed by atoms with van der Waals surface area (Å²) in [6, 6.07) is 16.2. The van der Waals surface area contributed by atoms with Gasteiger partial charge in [-0.1, -0.05) is 36.4 Å². The molecule has 0 atom stereocenters. The highest BCUT2D eigenvalue weighted by Gasteiger charge is 2.23. The van der Waals surface area contributed by atoms with Crippen molar-refractivity contribution in [2.75, 3.05) is 12.4 Å². The topological polar surface area (TPSA) is 41.1 Å². The molecule has 0 heterocycles. The summed E-state index contributed by atoms with van der Waals surface area (Å²) in [6.45, 7) is 0. The smallest absolute Gasteiger partial charge is 0.253 e. The van der Waals surface area contributed by atoms with Gasteiger partial charge in [0.1, 0.15) is 0 Å². The molecule has 0 saturated carbocycles. The maximum atomic E-state index is 12.4. The van der Waals surface area contributed by atoms with Gasteiger partial charge >= 0.3 is 0 Å². The molecule has 1 aliphatic rings. The van der Waals surface area contributed by atoms with E-state index in [1.54, 1.807) is 0 Å². The molecule has 2 N–H and O–H groups in total. The average molecular weight is 266 g/mol. The van der Waals surface area contributed by atoms with Gasteiger partial charge in [0.2, 0.25) is 0 Å². The monoisotopic (exact) mass is 266 g/mol. The Hall–Kier alpha value is -2.29. The number of hydrogen-bond donors (Lipinski definition) is 2. The van der Waals surface area contributed by atoms with Gasteiger partial charge in [0.15, 0.2) is 0 Å². The minimum atomic E-state index is -0.00671. The van der Waals surface area contributed by atoms with Crippen molar-refractivity contribution in [1.29, 1.82) is 0 Å². The summed E-state index contributed by atoms with van der Waals surface area (Å²) in [6.07, 6.45) is 1.84. The Bertz CT molecular complexity index is 611. The predicted octanol–water partition coefficient (Wildman–Crippen LogP) is 2.63. The highest BCUT2D eigenvalue weighted by molar-refractivity contribution is 5.99. The quantitative estimate of drug-likeness (QED) is 0.896. The Morgan fingerprint density at radius 3 is 2.25 bits per heavy atom. The first kappa shape index (κ1) is 12.7. The van der Waals surface area contributed by atoms with Crippen LogP contribution in [0, 0.1) is 0 Å². The summed E-state index contributed by atoms with van der Waals surface area (Å²) in [5.41, 5.74) is 4.26. The Labute approximate surface area is 119 Å². The molecule has 0 aliphatic heterocycles. The summed E-state index contributed by atoms with van der Waals surface area (Å²) in [4.78, 5) is 12.4. The van der Waals surface area contributed by atoms with Crippen LogP contribution in [0.4, 0.5) is 5.69 Å². The van der Waals surface area contributed by atoms with Crippen molar-refractivity contribution >= 4 is 11.6 Å². The number of hydrogen-bond acceptors (Lipinski definition) is 2. The van der Waals surface area contributed by atoms with Gasteiger partial charge in [0.25, 0.3) is 5.91 Å². The van der Waals surface area contributed by atoms with E-state index < -0.39 is 0 Å². The zero-order valence-electron chi connectivity index (χ0n) is 11.5. The molecular weight excluding hydrogens is 248 g/mol. The molecule has 0 fully saturated rings. The Kier molecular flexibility index (Phi) is 3.42. The van der Waals surface area contributed by atoms with Crippen molar-refractivity contribution in [3.05, 3.63) is 65.2 Å². The third-order valence-electron chi connectivity index (χ3n) is 3.83. The van der Waals surface area contributed by atoms with Gasteiger partial charge in [0.05, 0.1) is 5.56 Å². The van der Waals surface area contributed by atoms with Crippen LogP contribution in [0.25, 0.3) is 0 Å². The first-order chi connectivity index (χ1) is 9.78. The number of amides is 1. The lowest BCUT2D eigenvalue weighted by molar-refractivity contribution is 0.0939. The van der Waals surface area contributed by atoms with Crippen LogP contribution in [-0.4, -0.2) is 19.0 Å². The molecule has 20 heavy (non-hydrogen) atoms. The first-order valence-electron chi connectivity index (χ1n) is 6.92. The van der Waals surface area contributed by atoms with Crippen LogP contribution in [0.5, 0.6) is 0 Å². The van der Waals surface area contributed by atoms with Gasteiger partial charge in [-0.05, 0) is 36.1 Å². The van der Waals surface area contributed by atoms with Crippen LogP contribution >= 0.6 is 0 Å². The maximum Gasteiger partial charge on any atom is 0.253 e. The van der Waals surface area contributed by atoms with E-state index in [9.17, 15) is 4.79 Å². The minimum Gasteiger partial charge on any atom is -0.387 e. The zero-order chi connectivity index (χ0) is 13.9. The van der Waals surface area contributed by atoms with Gasteiger partial charge in [0, 0.05) is 18.8 Å². The van der Waals surface area contributed by atoms with Crippen LogP contribution in [0.15, 0.2) is 48.5 Å². The second-order valence-corrected chi connectivity index (χ2v) is 5.14. The molecule has 0 radical (unpaired) electrons. The molecule has 1 amide bonds. The summed E-state index contributed by atoms with van der Waals surface area (Å²) >= 11 is 0. The maximum absolute atomic E-state index is 12.4. The molecule has 0 unspecified atom stereocenters. The molecule has 3 rings (SSSR count). The highest BCUT2D eigenvalue weighted by Crippen LogP contribution is 2.22. The van der Waals surface area contributed by atoms with Gasteiger partial charge in [-0.2, -0.15) is 0 Å². The van der Waals surface area contributed by atoms with Crippen molar-refractivity contribution < 1.29 is 4.79 Å². The van der Waals surface area contributed by atoms with Gasteiger partial charge in [-0.25, -0.2) is 0 Å². The Morgan fingerprint density at radius 2 is 1.60 bits per heavy atom.